The van der Waals surface area contributed by atoms with E-state index in [1.807, 2.05) is 25.1 Å². The minimum Gasteiger partial charge on any atom is -0.494 e. The predicted octanol–water partition coefficient (Wildman–Crippen LogP) is 3.42. The van der Waals surface area contributed by atoms with Gasteiger partial charge in [-0.05, 0) is 69.0 Å². The fourth-order valence-electron chi connectivity index (χ4n) is 2.22. The molecule has 1 unspecified atom stereocenters. The Morgan fingerprint density at radius 3 is 3.06 bits per heavy atom. The number of aryl methyl sites for hydroxylation is 1. The van der Waals surface area contributed by atoms with E-state index in [1.165, 1.54) is 19.4 Å². The van der Waals surface area contributed by atoms with Crippen LogP contribution in [0.5, 0.6) is 5.75 Å². The molecule has 0 spiro atoms. The maximum absolute atomic E-state index is 5.97. The maximum atomic E-state index is 5.97. The van der Waals surface area contributed by atoms with Gasteiger partial charge >= 0.3 is 0 Å². The lowest BCUT2D eigenvalue weighted by Crippen LogP contribution is -2.30. The predicted molar refractivity (Wildman–Crippen MR) is 71.9 cm³/mol. The van der Waals surface area contributed by atoms with Gasteiger partial charge in [0.1, 0.15) is 5.75 Å². The summed E-state index contributed by atoms with van der Waals surface area (Å²) in [5.74, 6) is 1.70. The first-order valence-electron chi connectivity index (χ1n) is 6.35. The summed E-state index contributed by atoms with van der Waals surface area (Å²) in [5, 5.41) is 4.23. The molecule has 1 heterocycles. The molecule has 3 heteroatoms. The van der Waals surface area contributed by atoms with Gasteiger partial charge in [-0.3, -0.25) is 0 Å². The molecule has 94 valence electrons. The van der Waals surface area contributed by atoms with Crippen molar-refractivity contribution in [1.82, 2.24) is 5.32 Å². The van der Waals surface area contributed by atoms with Crippen LogP contribution in [-0.2, 0) is 0 Å². The first-order chi connectivity index (χ1) is 8.25. The lowest BCUT2D eigenvalue weighted by molar-refractivity contribution is 0.254. The fraction of sp³-hybridized carbons (Fsp3) is 0.571. The Labute approximate surface area is 108 Å². The Morgan fingerprint density at radius 1 is 1.47 bits per heavy atom. The molecule has 2 nitrogen and oxygen atoms in total. The number of rotatable bonds is 4. The summed E-state index contributed by atoms with van der Waals surface area (Å²) in [6.07, 6.45) is 3.76. The van der Waals surface area contributed by atoms with Crippen molar-refractivity contribution in [2.45, 2.75) is 26.2 Å². The molecular weight excluding hydrogens is 234 g/mol. The zero-order chi connectivity index (χ0) is 12.1. The molecule has 0 aliphatic carbocycles. The van der Waals surface area contributed by atoms with E-state index in [0.29, 0.717) is 0 Å². The molecule has 17 heavy (non-hydrogen) atoms. The van der Waals surface area contributed by atoms with Gasteiger partial charge < -0.3 is 10.1 Å². The van der Waals surface area contributed by atoms with Crippen molar-refractivity contribution in [2.75, 3.05) is 19.7 Å². The summed E-state index contributed by atoms with van der Waals surface area (Å²) in [7, 11) is 0. The second kappa shape index (κ2) is 6.27. The molecule has 0 bridgehead atoms. The quantitative estimate of drug-likeness (QED) is 0.888. The van der Waals surface area contributed by atoms with E-state index < -0.39 is 0 Å². The van der Waals surface area contributed by atoms with Crippen molar-refractivity contribution >= 4 is 11.6 Å². The van der Waals surface area contributed by atoms with Crippen molar-refractivity contribution < 1.29 is 4.74 Å². The molecule has 1 aromatic rings. The number of ether oxygens (including phenoxy) is 1. The topological polar surface area (TPSA) is 21.3 Å². The van der Waals surface area contributed by atoms with Gasteiger partial charge in [-0.15, -0.1) is 0 Å². The van der Waals surface area contributed by atoms with E-state index >= 15 is 0 Å². The van der Waals surface area contributed by atoms with Crippen molar-refractivity contribution in [1.29, 1.82) is 0 Å². The van der Waals surface area contributed by atoms with Crippen molar-refractivity contribution in [3.8, 4) is 5.75 Å². The van der Waals surface area contributed by atoms with Crippen LogP contribution in [-0.4, -0.2) is 19.7 Å². The van der Waals surface area contributed by atoms with Gasteiger partial charge in [0.2, 0.25) is 0 Å². The molecule has 0 saturated carbocycles. The van der Waals surface area contributed by atoms with Gasteiger partial charge in [0.05, 0.1) is 6.61 Å². The number of benzene rings is 1. The molecular formula is C14H20ClNO. The van der Waals surface area contributed by atoms with Crippen LogP contribution in [0.2, 0.25) is 5.02 Å². The minimum atomic E-state index is 0.775. The van der Waals surface area contributed by atoms with Crippen LogP contribution in [0, 0.1) is 12.8 Å². The zero-order valence-corrected chi connectivity index (χ0v) is 11.1. The lowest BCUT2D eigenvalue weighted by atomic mass is 9.97. The number of hydrogen-bond donors (Lipinski definition) is 1. The van der Waals surface area contributed by atoms with Crippen molar-refractivity contribution in [2.24, 2.45) is 5.92 Å². The third-order valence-corrected chi connectivity index (χ3v) is 3.75. The van der Waals surface area contributed by atoms with E-state index in [1.54, 1.807) is 0 Å². The van der Waals surface area contributed by atoms with Crippen LogP contribution >= 0.6 is 11.6 Å². The van der Waals surface area contributed by atoms with Gasteiger partial charge in [0.25, 0.3) is 0 Å². The Kier molecular flexibility index (Phi) is 4.69. The SMILES string of the molecule is Cc1cc(OCCC2CCCNC2)ccc1Cl. The van der Waals surface area contributed by atoms with E-state index in [2.05, 4.69) is 5.32 Å². The van der Waals surface area contributed by atoms with Crippen LogP contribution in [0.4, 0.5) is 0 Å². The lowest BCUT2D eigenvalue weighted by Gasteiger charge is -2.22. The normalized spacial score (nSPS) is 20.2. The largest absolute Gasteiger partial charge is 0.494 e. The molecule has 1 saturated heterocycles. The highest BCUT2D eigenvalue weighted by atomic mass is 35.5. The standard InChI is InChI=1S/C14H20ClNO/c1-11-9-13(4-5-14(11)15)17-8-6-12-3-2-7-16-10-12/h4-5,9,12,16H,2-3,6-8,10H2,1H3. The minimum absolute atomic E-state index is 0.775. The van der Waals surface area contributed by atoms with Crippen LogP contribution < -0.4 is 10.1 Å². The molecule has 1 N–H and O–H groups in total. The first kappa shape index (κ1) is 12.7. The Hall–Kier alpha value is -0.730. The summed E-state index contributed by atoms with van der Waals surface area (Å²) in [5.41, 5.74) is 1.07. The van der Waals surface area contributed by atoms with Crippen LogP contribution in [0.25, 0.3) is 0 Å². The van der Waals surface area contributed by atoms with E-state index in [0.717, 1.165) is 41.8 Å². The molecule has 1 aromatic carbocycles. The van der Waals surface area contributed by atoms with Crippen molar-refractivity contribution in [3.05, 3.63) is 28.8 Å². The van der Waals surface area contributed by atoms with Gasteiger partial charge in [0, 0.05) is 5.02 Å². The maximum Gasteiger partial charge on any atom is 0.119 e. The highest BCUT2D eigenvalue weighted by Gasteiger charge is 2.12. The third-order valence-electron chi connectivity index (χ3n) is 3.32. The number of halogens is 1. The monoisotopic (exact) mass is 253 g/mol. The highest BCUT2D eigenvalue weighted by molar-refractivity contribution is 6.31. The molecule has 1 aliphatic heterocycles. The summed E-state index contributed by atoms with van der Waals surface area (Å²) in [6, 6.07) is 5.84. The number of nitrogens with one attached hydrogen (secondary N) is 1. The van der Waals surface area contributed by atoms with Gasteiger partial charge in [-0.25, -0.2) is 0 Å². The smallest absolute Gasteiger partial charge is 0.119 e. The molecule has 1 aliphatic rings. The second-order valence-corrected chi connectivity index (χ2v) is 5.17. The Balaban J connectivity index is 1.75. The summed E-state index contributed by atoms with van der Waals surface area (Å²) < 4.78 is 5.76. The summed E-state index contributed by atoms with van der Waals surface area (Å²) in [6.45, 7) is 5.12. The molecule has 0 radical (unpaired) electrons. The second-order valence-electron chi connectivity index (χ2n) is 4.76. The average molecular weight is 254 g/mol. The summed E-state index contributed by atoms with van der Waals surface area (Å²) >= 11 is 5.97. The highest BCUT2D eigenvalue weighted by Crippen LogP contribution is 2.22. The number of hydrogen-bond acceptors (Lipinski definition) is 2. The van der Waals surface area contributed by atoms with E-state index in [4.69, 9.17) is 16.3 Å². The summed E-state index contributed by atoms with van der Waals surface area (Å²) in [4.78, 5) is 0. The van der Waals surface area contributed by atoms with Crippen LogP contribution in [0.3, 0.4) is 0 Å². The Morgan fingerprint density at radius 2 is 2.35 bits per heavy atom. The molecule has 0 aromatic heterocycles. The van der Waals surface area contributed by atoms with E-state index in [-0.39, 0.29) is 0 Å². The van der Waals surface area contributed by atoms with Crippen LogP contribution in [0.1, 0.15) is 24.8 Å². The van der Waals surface area contributed by atoms with Gasteiger partial charge in [0.15, 0.2) is 0 Å². The van der Waals surface area contributed by atoms with E-state index in [9.17, 15) is 0 Å². The van der Waals surface area contributed by atoms with Gasteiger partial charge in [-0.2, -0.15) is 0 Å². The Bertz CT molecular complexity index is 361. The molecule has 1 fully saturated rings. The first-order valence-corrected chi connectivity index (χ1v) is 6.73. The third kappa shape index (κ3) is 3.90. The fourth-order valence-corrected chi connectivity index (χ4v) is 2.34. The molecule has 0 amide bonds. The molecule has 1 atom stereocenters. The average Bonchev–Trinajstić information content (AvgIpc) is 2.35. The van der Waals surface area contributed by atoms with Crippen molar-refractivity contribution in [3.63, 3.8) is 0 Å². The van der Waals surface area contributed by atoms with Gasteiger partial charge in [-0.1, -0.05) is 11.6 Å². The molecule has 2 rings (SSSR count). The number of piperidine rings is 1. The zero-order valence-electron chi connectivity index (χ0n) is 10.3. The van der Waals surface area contributed by atoms with Crippen LogP contribution in [0.15, 0.2) is 18.2 Å².